The lowest BCUT2D eigenvalue weighted by Crippen LogP contribution is -2.16. The van der Waals surface area contributed by atoms with E-state index in [1.807, 2.05) is 0 Å². The van der Waals surface area contributed by atoms with E-state index in [0.717, 1.165) is 12.1 Å². The molecule has 0 bridgehead atoms. The van der Waals surface area contributed by atoms with Crippen molar-refractivity contribution < 1.29 is 18.0 Å². The summed E-state index contributed by atoms with van der Waals surface area (Å²) in [6.07, 6.45) is -4.51. The number of carbonyl (C=O) groups is 1. The minimum atomic E-state index is -4.51. The molecule has 2 aromatic rings. The summed E-state index contributed by atoms with van der Waals surface area (Å²) in [5.41, 5.74) is 6.40. The van der Waals surface area contributed by atoms with Crippen LogP contribution in [0.2, 0.25) is 0 Å². The molecule has 1 aromatic heterocycles. The first kappa shape index (κ1) is 17.0. The molecule has 0 aliphatic heterocycles. The molecule has 0 saturated heterocycles. The third kappa shape index (κ3) is 3.53. The van der Waals surface area contributed by atoms with Crippen molar-refractivity contribution in [1.29, 1.82) is 0 Å². The molecule has 1 heterocycles. The molecule has 0 radical (unpaired) electrons. The number of benzene rings is 1. The molecule has 1 aromatic carbocycles. The van der Waals surface area contributed by atoms with E-state index in [4.69, 9.17) is 5.73 Å². The van der Waals surface area contributed by atoms with Crippen molar-refractivity contribution in [2.24, 2.45) is 12.8 Å². The first-order chi connectivity index (χ1) is 10.6. The molecule has 0 unspecified atom stereocenters. The van der Waals surface area contributed by atoms with Crippen molar-refractivity contribution >= 4 is 11.6 Å². The smallest absolute Gasteiger partial charge is 0.326 e. The Kier molecular flexibility index (Phi) is 4.46. The van der Waals surface area contributed by atoms with Crippen LogP contribution in [0.25, 0.3) is 0 Å². The van der Waals surface area contributed by atoms with Crippen molar-refractivity contribution in [3.63, 3.8) is 0 Å². The molecule has 124 valence electrons. The molecular weight excluding hydrogens is 309 g/mol. The van der Waals surface area contributed by atoms with Crippen molar-refractivity contribution in [2.45, 2.75) is 26.6 Å². The lowest BCUT2D eigenvalue weighted by atomic mass is 10.1. The standard InChI is InChI=1S/C15H17F3N4O/c1-8-13(9(2)22(3)21-8)14(23)20-12-5-10(7-19)4-11(6-12)15(16,17)18/h4-6H,7,19H2,1-3H3,(H,20,23). The molecule has 23 heavy (non-hydrogen) atoms. The van der Waals surface area contributed by atoms with E-state index in [1.54, 1.807) is 25.6 Å². The van der Waals surface area contributed by atoms with Gasteiger partial charge in [-0.3, -0.25) is 9.48 Å². The van der Waals surface area contributed by atoms with Crippen molar-refractivity contribution in [2.75, 3.05) is 5.32 Å². The van der Waals surface area contributed by atoms with Gasteiger partial charge in [0.2, 0.25) is 0 Å². The molecule has 1 amide bonds. The lowest BCUT2D eigenvalue weighted by molar-refractivity contribution is -0.137. The average molecular weight is 326 g/mol. The predicted octanol–water partition coefficient (Wildman–Crippen LogP) is 2.77. The molecule has 0 aliphatic rings. The second-order valence-electron chi connectivity index (χ2n) is 5.24. The van der Waals surface area contributed by atoms with E-state index in [0.29, 0.717) is 17.0 Å². The quantitative estimate of drug-likeness (QED) is 0.911. The van der Waals surface area contributed by atoms with Crippen LogP contribution >= 0.6 is 0 Å². The molecule has 0 saturated carbocycles. The monoisotopic (exact) mass is 326 g/mol. The van der Waals surface area contributed by atoms with Gasteiger partial charge in [0.25, 0.3) is 5.91 Å². The highest BCUT2D eigenvalue weighted by Gasteiger charge is 2.31. The number of carbonyl (C=O) groups excluding carboxylic acids is 1. The number of alkyl halides is 3. The lowest BCUT2D eigenvalue weighted by Gasteiger charge is -2.12. The van der Waals surface area contributed by atoms with Crippen molar-refractivity contribution in [3.05, 3.63) is 46.3 Å². The Balaban J connectivity index is 2.38. The van der Waals surface area contributed by atoms with Gasteiger partial charge in [0, 0.05) is 25.0 Å². The number of hydrogen-bond donors (Lipinski definition) is 2. The number of nitrogens with one attached hydrogen (secondary N) is 1. The first-order valence-corrected chi connectivity index (χ1v) is 6.86. The minimum absolute atomic E-state index is 0.0490. The summed E-state index contributed by atoms with van der Waals surface area (Å²) >= 11 is 0. The predicted molar refractivity (Wildman–Crippen MR) is 80.0 cm³/mol. The number of hydrogen-bond acceptors (Lipinski definition) is 3. The Morgan fingerprint density at radius 2 is 1.96 bits per heavy atom. The zero-order chi connectivity index (χ0) is 17.4. The fourth-order valence-corrected chi connectivity index (χ4v) is 2.34. The van der Waals surface area contributed by atoms with E-state index in [1.165, 1.54) is 6.07 Å². The molecule has 0 atom stereocenters. The molecule has 0 spiro atoms. The van der Waals surface area contributed by atoms with E-state index in [2.05, 4.69) is 10.4 Å². The molecule has 5 nitrogen and oxygen atoms in total. The van der Waals surface area contributed by atoms with Crippen LogP contribution in [0.15, 0.2) is 18.2 Å². The third-order valence-corrected chi connectivity index (χ3v) is 3.55. The number of halogens is 3. The van der Waals surface area contributed by atoms with Crippen LogP contribution in [0.5, 0.6) is 0 Å². The van der Waals surface area contributed by atoms with Gasteiger partial charge in [0.15, 0.2) is 0 Å². The van der Waals surface area contributed by atoms with Gasteiger partial charge in [-0.25, -0.2) is 0 Å². The third-order valence-electron chi connectivity index (χ3n) is 3.55. The molecule has 3 N–H and O–H groups in total. The molecule has 2 rings (SSSR count). The fraction of sp³-hybridized carbons (Fsp3) is 0.333. The molecule has 0 aliphatic carbocycles. The van der Waals surface area contributed by atoms with E-state index < -0.39 is 17.6 Å². The fourth-order valence-electron chi connectivity index (χ4n) is 2.34. The number of rotatable bonds is 3. The summed E-state index contributed by atoms with van der Waals surface area (Å²) in [4.78, 5) is 12.4. The van der Waals surface area contributed by atoms with Crippen LogP contribution in [0.1, 0.15) is 32.9 Å². The maximum atomic E-state index is 12.9. The Labute approximate surface area is 131 Å². The highest BCUT2D eigenvalue weighted by atomic mass is 19.4. The van der Waals surface area contributed by atoms with E-state index in [9.17, 15) is 18.0 Å². The first-order valence-electron chi connectivity index (χ1n) is 6.86. The molecule has 0 fully saturated rings. The zero-order valence-electron chi connectivity index (χ0n) is 13.0. The van der Waals surface area contributed by atoms with Gasteiger partial charge >= 0.3 is 6.18 Å². The summed E-state index contributed by atoms with van der Waals surface area (Å²) in [6.45, 7) is 3.32. The molecule has 8 heteroatoms. The maximum absolute atomic E-state index is 12.9. The number of aryl methyl sites for hydroxylation is 2. The number of nitrogens with two attached hydrogens (primary N) is 1. The van der Waals surface area contributed by atoms with Gasteiger partial charge in [-0.05, 0) is 37.6 Å². The Hall–Kier alpha value is -2.35. The number of anilines is 1. The van der Waals surface area contributed by atoms with E-state index in [-0.39, 0.29) is 17.8 Å². The maximum Gasteiger partial charge on any atom is 0.416 e. The average Bonchev–Trinajstić information content (AvgIpc) is 2.70. The van der Waals surface area contributed by atoms with Crippen LogP contribution in [-0.2, 0) is 19.8 Å². The second-order valence-corrected chi connectivity index (χ2v) is 5.24. The van der Waals surface area contributed by atoms with E-state index >= 15 is 0 Å². The van der Waals surface area contributed by atoms with Crippen LogP contribution in [0.4, 0.5) is 18.9 Å². The number of aromatic nitrogens is 2. The minimum Gasteiger partial charge on any atom is -0.326 e. The summed E-state index contributed by atoms with van der Waals surface area (Å²) < 4.78 is 40.3. The SMILES string of the molecule is Cc1nn(C)c(C)c1C(=O)Nc1cc(CN)cc(C(F)(F)F)c1. The van der Waals surface area contributed by atoms with Crippen molar-refractivity contribution in [3.8, 4) is 0 Å². The molecular formula is C15H17F3N4O. The van der Waals surface area contributed by atoms with Crippen LogP contribution < -0.4 is 11.1 Å². The van der Waals surface area contributed by atoms with Gasteiger partial charge in [-0.1, -0.05) is 0 Å². The highest BCUT2D eigenvalue weighted by Crippen LogP contribution is 2.32. The van der Waals surface area contributed by atoms with Crippen LogP contribution in [-0.4, -0.2) is 15.7 Å². The number of nitrogens with zero attached hydrogens (tertiary/aromatic N) is 2. The Bertz CT molecular complexity index is 750. The summed E-state index contributed by atoms with van der Waals surface area (Å²) in [5, 5.41) is 6.61. The van der Waals surface area contributed by atoms with Crippen LogP contribution in [0.3, 0.4) is 0 Å². The topological polar surface area (TPSA) is 72.9 Å². The van der Waals surface area contributed by atoms with Crippen LogP contribution in [0, 0.1) is 13.8 Å². The van der Waals surface area contributed by atoms with Crippen molar-refractivity contribution in [1.82, 2.24) is 9.78 Å². The Morgan fingerprint density at radius 3 is 2.43 bits per heavy atom. The summed E-state index contributed by atoms with van der Waals surface area (Å²) in [5.74, 6) is -0.504. The highest BCUT2D eigenvalue weighted by molar-refractivity contribution is 6.05. The summed E-state index contributed by atoms with van der Waals surface area (Å²) in [6, 6.07) is 3.28. The summed E-state index contributed by atoms with van der Waals surface area (Å²) in [7, 11) is 1.69. The number of amides is 1. The van der Waals surface area contributed by atoms with Gasteiger partial charge in [-0.15, -0.1) is 0 Å². The van der Waals surface area contributed by atoms with Gasteiger partial charge in [-0.2, -0.15) is 18.3 Å². The van der Waals surface area contributed by atoms with Gasteiger partial charge < -0.3 is 11.1 Å². The largest absolute Gasteiger partial charge is 0.416 e. The Morgan fingerprint density at radius 1 is 1.30 bits per heavy atom. The van der Waals surface area contributed by atoms with Gasteiger partial charge in [0.05, 0.1) is 16.8 Å². The second kappa shape index (κ2) is 6.04. The normalized spacial score (nSPS) is 11.6. The zero-order valence-corrected chi connectivity index (χ0v) is 13.0. The van der Waals surface area contributed by atoms with Gasteiger partial charge in [0.1, 0.15) is 0 Å².